The first-order chi connectivity index (χ1) is 10.1. The second-order valence-electron chi connectivity index (χ2n) is 4.71. The molecule has 1 amide bonds. The Morgan fingerprint density at radius 1 is 1.29 bits per heavy atom. The molecule has 0 fully saturated rings. The van der Waals surface area contributed by atoms with Gasteiger partial charge in [0.1, 0.15) is 6.54 Å². The summed E-state index contributed by atoms with van der Waals surface area (Å²) in [7, 11) is 0. The van der Waals surface area contributed by atoms with Gasteiger partial charge in [-0.05, 0) is 30.5 Å². The number of thiophene rings is 1. The number of nitrogens with one attached hydrogen (secondary N) is 2. The highest BCUT2D eigenvalue weighted by Crippen LogP contribution is 2.12. The lowest BCUT2D eigenvalue weighted by atomic mass is 10.3. The molecule has 1 heterocycles. The van der Waals surface area contributed by atoms with E-state index >= 15 is 0 Å². The number of hydrogen-bond donors (Lipinski definition) is 2. The van der Waals surface area contributed by atoms with Crippen LogP contribution in [-0.2, 0) is 11.3 Å². The topological polar surface area (TPSA) is 33.5 Å². The van der Waals surface area contributed by atoms with E-state index in [4.69, 9.17) is 0 Å². The van der Waals surface area contributed by atoms with Crippen molar-refractivity contribution in [2.45, 2.75) is 13.5 Å². The molecule has 0 radical (unpaired) electrons. The van der Waals surface area contributed by atoms with Crippen LogP contribution < -0.4 is 10.2 Å². The van der Waals surface area contributed by atoms with E-state index in [2.05, 4.69) is 5.32 Å². The van der Waals surface area contributed by atoms with Crippen molar-refractivity contribution in [2.24, 2.45) is 0 Å². The minimum Gasteiger partial charge on any atom is -0.323 e. The number of likely N-dealkylation sites (N-methyl/N-ethyl adjacent to an activating group) is 1. The zero-order valence-electron chi connectivity index (χ0n) is 11.7. The van der Waals surface area contributed by atoms with Gasteiger partial charge in [-0.25, -0.2) is 8.78 Å². The third-order valence-corrected chi connectivity index (χ3v) is 3.99. The van der Waals surface area contributed by atoms with E-state index in [1.54, 1.807) is 11.3 Å². The zero-order chi connectivity index (χ0) is 15.2. The molecule has 3 nitrogen and oxygen atoms in total. The molecule has 2 N–H and O–H groups in total. The molecule has 1 atom stereocenters. The fourth-order valence-corrected chi connectivity index (χ4v) is 2.75. The summed E-state index contributed by atoms with van der Waals surface area (Å²) in [5, 5.41) is 4.60. The van der Waals surface area contributed by atoms with E-state index in [1.807, 2.05) is 24.4 Å². The summed E-state index contributed by atoms with van der Waals surface area (Å²) in [6.45, 7) is 3.88. The summed E-state index contributed by atoms with van der Waals surface area (Å²) in [6.07, 6.45) is 0. The average molecular weight is 311 g/mol. The Bertz CT molecular complexity index is 602. The summed E-state index contributed by atoms with van der Waals surface area (Å²) in [4.78, 5) is 14.3. The van der Waals surface area contributed by atoms with E-state index in [-0.39, 0.29) is 18.1 Å². The smallest absolute Gasteiger partial charge is 0.279 e. The fourth-order valence-electron chi connectivity index (χ4n) is 1.98. The van der Waals surface area contributed by atoms with Crippen LogP contribution in [0.2, 0.25) is 0 Å². The van der Waals surface area contributed by atoms with Crippen LogP contribution in [-0.4, -0.2) is 19.0 Å². The normalized spacial score (nSPS) is 12.1. The lowest BCUT2D eigenvalue weighted by Gasteiger charge is -2.16. The first-order valence-corrected chi connectivity index (χ1v) is 7.57. The minimum absolute atomic E-state index is 0.214. The molecule has 0 bridgehead atoms. The van der Waals surface area contributed by atoms with Crippen molar-refractivity contribution < 1.29 is 18.5 Å². The Hall–Kier alpha value is -1.79. The molecular weight excluding hydrogens is 294 g/mol. The van der Waals surface area contributed by atoms with E-state index < -0.39 is 11.6 Å². The highest BCUT2D eigenvalue weighted by molar-refractivity contribution is 7.09. The van der Waals surface area contributed by atoms with Gasteiger partial charge in [-0.15, -0.1) is 11.3 Å². The number of benzene rings is 1. The standard InChI is InChI=1S/C15H16F2N2OS/c1-2-19(9-12-4-3-7-21-12)10-15(20)18-11-5-6-13(16)14(17)8-11/h3-8H,2,9-10H2,1H3,(H,18,20)/p+1. The summed E-state index contributed by atoms with van der Waals surface area (Å²) < 4.78 is 25.9. The molecule has 1 aromatic carbocycles. The molecule has 0 aliphatic heterocycles. The van der Waals surface area contributed by atoms with Crippen molar-refractivity contribution in [2.75, 3.05) is 18.4 Å². The number of amides is 1. The van der Waals surface area contributed by atoms with E-state index in [0.717, 1.165) is 30.1 Å². The van der Waals surface area contributed by atoms with Gasteiger partial charge < -0.3 is 10.2 Å². The van der Waals surface area contributed by atoms with E-state index in [0.29, 0.717) is 0 Å². The van der Waals surface area contributed by atoms with E-state index in [1.165, 1.54) is 10.9 Å². The molecule has 21 heavy (non-hydrogen) atoms. The maximum Gasteiger partial charge on any atom is 0.279 e. The number of quaternary nitrogens is 1. The Morgan fingerprint density at radius 3 is 2.71 bits per heavy atom. The van der Waals surface area contributed by atoms with Gasteiger partial charge in [0.2, 0.25) is 0 Å². The first kappa shape index (κ1) is 15.6. The van der Waals surface area contributed by atoms with Crippen LogP contribution in [0.4, 0.5) is 14.5 Å². The van der Waals surface area contributed by atoms with Crippen LogP contribution in [0, 0.1) is 11.6 Å². The quantitative estimate of drug-likeness (QED) is 0.841. The van der Waals surface area contributed by atoms with Crippen molar-refractivity contribution in [1.82, 2.24) is 0 Å². The monoisotopic (exact) mass is 311 g/mol. The predicted octanol–water partition coefficient (Wildman–Crippen LogP) is 2.07. The van der Waals surface area contributed by atoms with Crippen molar-refractivity contribution >= 4 is 22.9 Å². The molecule has 1 unspecified atom stereocenters. The number of carbonyl (C=O) groups excluding carboxylic acids is 1. The number of anilines is 1. The average Bonchev–Trinajstić information content (AvgIpc) is 2.95. The maximum atomic E-state index is 13.1. The highest BCUT2D eigenvalue weighted by Gasteiger charge is 2.14. The largest absolute Gasteiger partial charge is 0.323 e. The minimum atomic E-state index is -0.967. The van der Waals surface area contributed by atoms with Crippen LogP contribution in [0.1, 0.15) is 11.8 Å². The van der Waals surface area contributed by atoms with Gasteiger partial charge in [-0.1, -0.05) is 6.07 Å². The Labute approximate surface area is 126 Å². The molecule has 0 saturated carbocycles. The lowest BCUT2D eigenvalue weighted by molar-refractivity contribution is -0.903. The van der Waals surface area contributed by atoms with E-state index in [9.17, 15) is 13.6 Å². The number of rotatable bonds is 6. The summed E-state index contributed by atoms with van der Waals surface area (Å²) in [5.74, 6) is -2.10. The van der Waals surface area contributed by atoms with Crippen LogP contribution in [0.3, 0.4) is 0 Å². The van der Waals surface area contributed by atoms with Crippen LogP contribution in [0.15, 0.2) is 35.7 Å². The Balaban J connectivity index is 1.91. The molecule has 0 aliphatic rings. The number of hydrogen-bond acceptors (Lipinski definition) is 2. The predicted molar refractivity (Wildman–Crippen MR) is 79.4 cm³/mol. The van der Waals surface area contributed by atoms with Crippen molar-refractivity contribution in [3.05, 3.63) is 52.2 Å². The molecule has 112 valence electrons. The van der Waals surface area contributed by atoms with Crippen LogP contribution in [0.5, 0.6) is 0 Å². The first-order valence-electron chi connectivity index (χ1n) is 6.69. The zero-order valence-corrected chi connectivity index (χ0v) is 12.5. The van der Waals surface area contributed by atoms with Gasteiger partial charge in [0.05, 0.1) is 11.4 Å². The van der Waals surface area contributed by atoms with Gasteiger partial charge in [0.15, 0.2) is 18.2 Å². The van der Waals surface area contributed by atoms with Crippen LogP contribution >= 0.6 is 11.3 Å². The van der Waals surface area contributed by atoms with Crippen molar-refractivity contribution in [3.63, 3.8) is 0 Å². The SMILES string of the molecule is CC[NH+](CC(=O)Nc1ccc(F)c(F)c1)Cc1cccs1. The second-order valence-corrected chi connectivity index (χ2v) is 5.75. The molecule has 0 saturated heterocycles. The summed E-state index contributed by atoms with van der Waals surface area (Å²) in [5.41, 5.74) is 0.269. The number of carbonyl (C=O) groups is 1. The molecule has 2 rings (SSSR count). The molecule has 0 aliphatic carbocycles. The van der Waals surface area contributed by atoms with Gasteiger partial charge in [0.25, 0.3) is 5.91 Å². The maximum absolute atomic E-state index is 13.1. The third-order valence-electron chi connectivity index (χ3n) is 3.12. The summed E-state index contributed by atoms with van der Waals surface area (Å²) >= 11 is 1.66. The Morgan fingerprint density at radius 2 is 2.10 bits per heavy atom. The molecular formula is C15H17F2N2OS+. The van der Waals surface area contributed by atoms with Gasteiger partial charge in [-0.3, -0.25) is 4.79 Å². The third kappa shape index (κ3) is 4.61. The molecule has 6 heteroatoms. The second kappa shape index (κ2) is 7.28. The van der Waals surface area contributed by atoms with Gasteiger partial charge in [0, 0.05) is 11.8 Å². The van der Waals surface area contributed by atoms with Gasteiger partial charge >= 0.3 is 0 Å². The summed E-state index contributed by atoms with van der Waals surface area (Å²) in [6, 6.07) is 7.35. The fraction of sp³-hybridized carbons (Fsp3) is 0.267. The van der Waals surface area contributed by atoms with Crippen molar-refractivity contribution in [3.8, 4) is 0 Å². The van der Waals surface area contributed by atoms with Crippen LogP contribution in [0.25, 0.3) is 0 Å². The highest BCUT2D eigenvalue weighted by atomic mass is 32.1. The number of halogens is 2. The molecule has 2 aromatic rings. The Kier molecular flexibility index (Phi) is 5.41. The lowest BCUT2D eigenvalue weighted by Crippen LogP contribution is -3.11. The molecule has 1 aromatic heterocycles. The van der Waals surface area contributed by atoms with Gasteiger partial charge in [-0.2, -0.15) is 0 Å². The van der Waals surface area contributed by atoms with Crippen molar-refractivity contribution in [1.29, 1.82) is 0 Å². The molecule has 0 spiro atoms.